The predicted molar refractivity (Wildman–Crippen MR) is 109 cm³/mol. The van der Waals surface area contributed by atoms with Crippen molar-refractivity contribution in [2.45, 2.75) is 44.9 Å². The summed E-state index contributed by atoms with van der Waals surface area (Å²) in [7, 11) is 0. The first kappa shape index (κ1) is 19.2. The molecule has 2 aromatic rings. The summed E-state index contributed by atoms with van der Waals surface area (Å²) >= 11 is 1.47. The van der Waals surface area contributed by atoms with Crippen LogP contribution >= 0.6 is 11.3 Å². The van der Waals surface area contributed by atoms with Crippen molar-refractivity contribution in [1.29, 1.82) is 0 Å². The largest absolute Gasteiger partial charge is 0.352 e. The summed E-state index contributed by atoms with van der Waals surface area (Å²) in [6.45, 7) is 0.654. The Hall–Kier alpha value is -2.82. The second-order valence-electron chi connectivity index (χ2n) is 8.29. The number of nitrogens with one attached hydrogen (secondary N) is 4. The molecule has 11 heteroatoms. The van der Waals surface area contributed by atoms with Crippen LogP contribution in [0.4, 0.5) is 10.9 Å². The number of rotatable bonds is 7. The highest BCUT2D eigenvalue weighted by atomic mass is 32.1. The molecule has 4 N–H and O–H groups in total. The Kier molecular flexibility index (Phi) is 4.97. The first-order chi connectivity index (χ1) is 14.6. The first-order valence-electron chi connectivity index (χ1n) is 10.4. The molecule has 0 spiro atoms. The van der Waals surface area contributed by atoms with E-state index in [0.717, 1.165) is 36.1 Å². The fourth-order valence-corrected chi connectivity index (χ4v) is 5.01. The molecule has 0 aromatic carbocycles. The van der Waals surface area contributed by atoms with E-state index in [1.807, 2.05) is 0 Å². The van der Waals surface area contributed by atoms with Crippen LogP contribution in [-0.2, 0) is 22.4 Å². The maximum Gasteiger partial charge on any atom is 0.269 e. The summed E-state index contributed by atoms with van der Waals surface area (Å²) in [5.41, 5.74) is 1.40. The van der Waals surface area contributed by atoms with Gasteiger partial charge in [0.2, 0.25) is 11.8 Å². The third-order valence-electron chi connectivity index (χ3n) is 5.87. The Morgan fingerprint density at radius 3 is 2.53 bits per heavy atom. The summed E-state index contributed by atoms with van der Waals surface area (Å²) in [6, 6.07) is 0. The van der Waals surface area contributed by atoms with Crippen molar-refractivity contribution in [3.63, 3.8) is 0 Å². The second kappa shape index (κ2) is 7.78. The van der Waals surface area contributed by atoms with Crippen molar-refractivity contribution in [3.8, 4) is 0 Å². The lowest BCUT2D eigenvalue weighted by atomic mass is 9.85. The lowest BCUT2D eigenvalue weighted by Crippen LogP contribution is -2.31. The van der Waals surface area contributed by atoms with Crippen LogP contribution in [0.5, 0.6) is 0 Å². The number of hydrogen-bond donors (Lipinski definition) is 4. The van der Waals surface area contributed by atoms with E-state index >= 15 is 0 Å². The summed E-state index contributed by atoms with van der Waals surface area (Å²) in [4.78, 5) is 39.1. The van der Waals surface area contributed by atoms with Crippen molar-refractivity contribution in [3.05, 3.63) is 16.0 Å². The van der Waals surface area contributed by atoms with Crippen LogP contribution in [-0.4, -0.2) is 44.9 Å². The van der Waals surface area contributed by atoms with Gasteiger partial charge in [-0.05, 0) is 61.6 Å². The maximum absolute atomic E-state index is 13.0. The van der Waals surface area contributed by atoms with Crippen molar-refractivity contribution in [2.75, 3.05) is 17.2 Å². The third kappa shape index (κ3) is 4.07. The summed E-state index contributed by atoms with van der Waals surface area (Å²) in [6.07, 6.45) is 5.89. The van der Waals surface area contributed by atoms with Gasteiger partial charge in [-0.2, -0.15) is 5.21 Å². The number of carbonyl (C=O) groups excluding carboxylic acids is 3. The quantitative estimate of drug-likeness (QED) is 0.525. The van der Waals surface area contributed by atoms with Gasteiger partial charge in [-0.15, -0.1) is 16.4 Å². The van der Waals surface area contributed by atoms with Gasteiger partial charge in [0.05, 0.1) is 5.56 Å². The van der Waals surface area contributed by atoms with E-state index in [4.69, 9.17) is 0 Å². The van der Waals surface area contributed by atoms with Crippen molar-refractivity contribution >= 4 is 40.0 Å². The molecular weight excluding hydrogens is 406 g/mol. The molecule has 2 fully saturated rings. The number of tetrazole rings is 1. The van der Waals surface area contributed by atoms with Gasteiger partial charge in [0, 0.05) is 23.3 Å². The second-order valence-corrected chi connectivity index (χ2v) is 9.39. The zero-order chi connectivity index (χ0) is 20.7. The van der Waals surface area contributed by atoms with E-state index < -0.39 is 0 Å². The van der Waals surface area contributed by atoms with E-state index in [2.05, 4.69) is 36.6 Å². The van der Waals surface area contributed by atoms with Crippen LogP contribution in [0.1, 0.15) is 52.9 Å². The molecule has 0 radical (unpaired) electrons. The molecule has 3 aliphatic rings. The molecule has 5 rings (SSSR count). The minimum Gasteiger partial charge on any atom is -0.352 e. The molecule has 3 amide bonds. The fourth-order valence-electron chi connectivity index (χ4n) is 3.77. The number of nitrogens with zero attached hydrogens (tertiary/aromatic N) is 3. The van der Waals surface area contributed by atoms with Crippen LogP contribution < -0.4 is 16.0 Å². The molecule has 0 saturated heterocycles. The molecule has 2 aromatic heterocycles. The smallest absolute Gasteiger partial charge is 0.269 e. The monoisotopic (exact) mass is 429 g/mol. The van der Waals surface area contributed by atoms with Gasteiger partial charge in [-0.25, -0.2) is 0 Å². The topological polar surface area (TPSA) is 142 Å². The van der Waals surface area contributed by atoms with E-state index in [9.17, 15) is 14.4 Å². The molecule has 30 heavy (non-hydrogen) atoms. The normalized spacial score (nSPS) is 20.3. The van der Waals surface area contributed by atoms with E-state index in [-0.39, 0.29) is 35.5 Å². The average molecular weight is 430 g/mol. The molecule has 3 aliphatic carbocycles. The number of anilines is 2. The van der Waals surface area contributed by atoms with Crippen molar-refractivity contribution in [1.82, 2.24) is 25.9 Å². The molecule has 158 valence electrons. The third-order valence-corrected chi connectivity index (χ3v) is 7.08. The number of aromatic amines is 1. The SMILES string of the molecule is O=C(NCC1CC1)c1c(NC(=O)C2CC2)sc2c1CC(C(=O)Nc1nn[nH]n1)CC2. The lowest BCUT2D eigenvalue weighted by molar-refractivity contribution is -0.120. The Bertz CT molecular complexity index is 979. The molecular formula is C19H23N7O3S. The van der Waals surface area contributed by atoms with Crippen LogP contribution in [0.15, 0.2) is 0 Å². The predicted octanol–water partition coefficient (Wildman–Crippen LogP) is 1.49. The van der Waals surface area contributed by atoms with Crippen LogP contribution in [0.3, 0.4) is 0 Å². The maximum atomic E-state index is 13.0. The van der Waals surface area contributed by atoms with Crippen LogP contribution in [0.2, 0.25) is 0 Å². The molecule has 2 heterocycles. The Balaban J connectivity index is 1.37. The highest BCUT2D eigenvalue weighted by molar-refractivity contribution is 7.17. The molecule has 0 bridgehead atoms. The number of H-pyrrole nitrogens is 1. The molecule has 0 aliphatic heterocycles. The summed E-state index contributed by atoms with van der Waals surface area (Å²) in [5, 5.41) is 22.5. The highest BCUT2D eigenvalue weighted by Gasteiger charge is 2.35. The first-order valence-corrected chi connectivity index (χ1v) is 11.2. The number of amides is 3. The average Bonchev–Trinajstić information content (AvgIpc) is 3.66. The Morgan fingerprint density at radius 1 is 1.03 bits per heavy atom. The standard InChI is InChI=1S/C19H23N7O3S/c27-15(10-3-4-10)21-18-14(17(29)20-8-9-1-2-9)12-7-11(5-6-13(12)30-18)16(28)22-19-23-25-26-24-19/h9-11H,1-8H2,(H,20,29)(H,21,27)(H2,22,23,24,25,26,28). The van der Waals surface area contributed by atoms with Crippen molar-refractivity contribution < 1.29 is 14.4 Å². The minimum atomic E-state index is -0.299. The number of aryl methyl sites for hydroxylation is 1. The van der Waals surface area contributed by atoms with Gasteiger partial charge < -0.3 is 10.6 Å². The van der Waals surface area contributed by atoms with Gasteiger partial charge in [0.25, 0.3) is 11.9 Å². The van der Waals surface area contributed by atoms with Crippen molar-refractivity contribution in [2.24, 2.45) is 17.8 Å². The van der Waals surface area contributed by atoms with Gasteiger partial charge in [0.15, 0.2) is 0 Å². The van der Waals surface area contributed by atoms with Gasteiger partial charge in [-0.1, -0.05) is 5.10 Å². The van der Waals surface area contributed by atoms with Gasteiger partial charge in [-0.3, -0.25) is 19.7 Å². The number of fused-ring (bicyclic) bond motifs is 1. The van der Waals surface area contributed by atoms with Crippen LogP contribution in [0.25, 0.3) is 0 Å². The summed E-state index contributed by atoms with van der Waals surface area (Å²) in [5.74, 6) is 0.0759. The lowest BCUT2D eigenvalue weighted by Gasteiger charge is -2.21. The van der Waals surface area contributed by atoms with E-state index in [1.165, 1.54) is 11.3 Å². The number of thiophene rings is 1. The van der Waals surface area contributed by atoms with E-state index in [0.29, 0.717) is 42.3 Å². The van der Waals surface area contributed by atoms with Gasteiger partial charge >= 0.3 is 0 Å². The fraction of sp³-hybridized carbons (Fsp3) is 0.579. The number of carbonyl (C=O) groups is 3. The Labute approximate surface area is 176 Å². The number of aromatic nitrogens is 4. The van der Waals surface area contributed by atoms with Gasteiger partial charge in [0.1, 0.15) is 5.00 Å². The zero-order valence-corrected chi connectivity index (χ0v) is 17.2. The van der Waals surface area contributed by atoms with Crippen LogP contribution in [0, 0.1) is 17.8 Å². The zero-order valence-electron chi connectivity index (χ0n) is 16.4. The highest BCUT2D eigenvalue weighted by Crippen LogP contribution is 2.41. The molecule has 2 saturated carbocycles. The number of hydrogen-bond acceptors (Lipinski definition) is 7. The Morgan fingerprint density at radius 2 is 1.83 bits per heavy atom. The molecule has 1 unspecified atom stereocenters. The summed E-state index contributed by atoms with van der Waals surface area (Å²) < 4.78 is 0. The minimum absolute atomic E-state index is 0.0174. The molecule has 1 atom stereocenters. The van der Waals surface area contributed by atoms with E-state index in [1.54, 1.807) is 0 Å². The molecule has 10 nitrogen and oxygen atoms in total.